The zero-order valence-corrected chi connectivity index (χ0v) is 13.0. The molecule has 1 aromatic carbocycles. The minimum Gasteiger partial charge on any atom is -0.311 e. The fourth-order valence-corrected chi connectivity index (χ4v) is 2.85. The summed E-state index contributed by atoms with van der Waals surface area (Å²) < 4.78 is 1.73. The van der Waals surface area contributed by atoms with E-state index >= 15 is 0 Å². The van der Waals surface area contributed by atoms with Crippen LogP contribution in [0.1, 0.15) is 49.8 Å². The van der Waals surface area contributed by atoms with Crippen LogP contribution in [-0.4, -0.2) is 15.7 Å². The van der Waals surface area contributed by atoms with E-state index in [1.165, 1.54) is 11.1 Å². The minimum absolute atomic E-state index is 0.0518. The molecule has 0 fully saturated rings. The van der Waals surface area contributed by atoms with Crippen LogP contribution in [0.3, 0.4) is 0 Å². The van der Waals surface area contributed by atoms with E-state index in [0.717, 1.165) is 11.4 Å². The lowest BCUT2D eigenvalue weighted by Gasteiger charge is -2.24. The maximum Gasteiger partial charge on any atom is 0.226 e. The van der Waals surface area contributed by atoms with Gasteiger partial charge in [-0.15, -0.1) is 0 Å². The number of hydrogen-bond acceptors (Lipinski definition) is 2. The van der Waals surface area contributed by atoms with E-state index in [1.54, 1.807) is 4.68 Å². The molecule has 1 aromatic heterocycles. The molecule has 1 atom stereocenters. The molecule has 1 unspecified atom stereocenters. The van der Waals surface area contributed by atoms with Gasteiger partial charge in [0, 0.05) is 24.9 Å². The first-order valence-electron chi connectivity index (χ1n) is 7.28. The zero-order valence-electron chi connectivity index (χ0n) is 13.0. The molecule has 4 nitrogen and oxygen atoms in total. The molecule has 2 aromatic rings. The van der Waals surface area contributed by atoms with Gasteiger partial charge in [-0.25, -0.2) is 0 Å². The van der Waals surface area contributed by atoms with E-state index in [4.69, 9.17) is 0 Å². The molecular formula is C17H21N3O. The van der Waals surface area contributed by atoms with Gasteiger partial charge >= 0.3 is 0 Å². The number of carbonyl (C=O) groups is 1. The Balaban J connectivity index is 1.99. The molecule has 2 heterocycles. The number of benzene rings is 1. The van der Waals surface area contributed by atoms with Crippen LogP contribution in [-0.2, 0) is 17.3 Å². The second kappa shape index (κ2) is 4.72. The Morgan fingerprint density at radius 3 is 2.52 bits per heavy atom. The van der Waals surface area contributed by atoms with E-state index in [1.807, 2.05) is 13.2 Å². The highest BCUT2D eigenvalue weighted by Crippen LogP contribution is 2.37. The third-order valence-electron chi connectivity index (χ3n) is 4.17. The van der Waals surface area contributed by atoms with E-state index in [9.17, 15) is 4.79 Å². The molecule has 0 saturated heterocycles. The molecule has 1 aliphatic rings. The molecule has 0 spiro atoms. The van der Waals surface area contributed by atoms with Crippen molar-refractivity contribution in [3.05, 3.63) is 47.2 Å². The first-order chi connectivity index (χ1) is 9.86. The Morgan fingerprint density at radius 2 is 1.90 bits per heavy atom. The molecular weight excluding hydrogens is 262 g/mol. The maximum absolute atomic E-state index is 11.9. The number of hydrogen-bond donors (Lipinski definition) is 1. The van der Waals surface area contributed by atoms with Gasteiger partial charge in [-0.3, -0.25) is 9.48 Å². The van der Waals surface area contributed by atoms with Gasteiger partial charge in [0.2, 0.25) is 5.91 Å². The van der Waals surface area contributed by atoms with Gasteiger partial charge in [-0.05, 0) is 16.5 Å². The smallest absolute Gasteiger partial charge is 0.226 e. The van der Waals surface area contributed by atoms with Gasteiger partial charge in [0.25, 0.3) is 0 Å². The summed E-state index contributed by atoms with van der Waals surface area (Å²) in [5.74, 6) is 0.962. The molecule has 3 rings (SSSR count). The number of nitrogens with one attached hydrogen (secondary N) is 1. The SMILES string of the molecule is Cn1ncc2c1NC(=O)CC2c1ccc(C(C)(C)C)cc1. The van der Waals surface area contributed by atoms with Crippen LogP contribution in [0.4, 0.5) is 5.82 Å². The predicted octanol–water partition coefficient (Wildman–Crippen LogP) is 3.19. The van der Waals surface area contributed by atoms with Crippen molar-refractivity contribution >= 4 is 11.7 Å². The topological polar surface area (TPSA) is 46.9 Å². The third kappa shape index (κ3) is 2.46. The number of aryl methyl sites for hydroxylation is 1. The van der Waals surface area contributed by atoms with Gasteiger partial charge in [0.15, 0.2) is 0 Å². The van der Waals surface area contributed by atoms with Crippen molar-refractivity contribution in [3.8, 4) is 0 Å². The van der Waals surface area contributed by atoms with Crippen molar-refractivity contribution in [2.24, 2.45) is 7.05 Å². The second-order valence-corrected chi connectivity index (χ2v) is 6.75. The molecule has 1 N–H and O–H groups in total. The number of aromatic nitrogens is 2. The highest BCUT2D eigenvalue weighted by atomic mass is 16.1. The predicted molar refractivity (Wildman–Crippen MR) is 83.4 cm³/mol. The minimum atomic E-state index is 0.0518. The second-order valence-electron chi connectivity index (χ2n) is 6.75. The maximum atomic E-state index is 11.9. The Hall–Kier alpha value is -2.10. The van der Waals surface area contributed by atoms with Gasteiger partial charge in [-0.2, -0.15) is 5.10 Å². The van der Waals surface area contributed by atoms with E-state index in [-0.39, 0.29) is 17.2 Å². The lowest BCUT2D eigenvalue weighted by Crippen LogP contribution is -2.24. The van der Waals surface area contributed by atoms with E-state index in [2.05, 4.69) is 55.5 Å². The van der Waals surface area contributed by atoms with E-state index < -0.39 is 0 Å². The molecule has 4 heteroatoms. The average molecular weight is 283 g/mol. The van der Waals surface area contributed by atoms with Crippen molar-refractivity contribution < 1.29 is 4.79 Å². The lowest BCUT2D eigenvalue weighted by atomic mass is 9.83. The summed E-state index contributed by atoms with van der Waals surface area (Å²) in [7, 11) is 1.85. The summed E-state index contributed by atoms with van der Waals surface area (Å²) in [6.45, 7) is 6.61. The van der Waals surface area contributed by atoms with E-state index in [0.29, 0.717) is 6.42 Å². The van der Waals surface area contributed by atoms with Crippen LogP contribution >= 0.6 is 0 Å². The first-order valence-corrected chi connectivity index (χ1v) is 7.28. The summed E-state index contributed by atoms with van der Waals surface area (Å²) in [6, 6.07) is 8.61. The van der Waals surface area contributed by atoms with Crippen molar-refractivity contribution in [2.75, 3.05) is 5.32 Å². The zero-order chi connectivity index (χ0) is 15.2. The van der Waals surface area contributed by atoms with Crippen molar-refractivity contribution in [2.45, 2.75) is 38.5 Å². The third-order valence-corrected chi connectivity index (χ3v) is 4.17. The molecule has 21 heavy (non-hydrogen) atoms. The largest absolute Gasteiger partial charge is 0.311 e. The standard InChI is InChI=1S/C17H21N3O/c1-17(2,3)12-7-5-11(6-8-12)13-9-15(21)19-16-14(13)10-18-20(16)4/h5-8,10,13H,9H2,1-4H3,(H,19,21). The summed E-state index contributed by atoms with van der Waals surface area (Å²) in [6.07, 6.45) is 2.34. The Bertz CT molecular complexity index is 677. The molecule has 0 bridgehead atoms. The van der Waals surface area contributed by atoms with Gasteiger partial charge in [0.05, 0.1) is 6.20 Å². The first kappa shape index (κ1) is 13.9. The van der Waals surface area contributed by atoms with Gasteiger partial charge in [0.1, 0.15) is 5.82 Å². The highest BCUT2D eigenvalue weighted by Gasteiger charge is 2.29. The summed E-state index contributed by atoms with van der Waals surface area (Å²) in [4.78, 5) is 11.9. The van der Waals surface area contributed by atoms with Crippen LogP contribution in [0.2, 0.25) is 0 Å². The van der Waals surface area contributed by atoms with Crippen molar-refractivity contribution in [1.29, 1.82) is 0 Å². The number of rotatable bonds is 1. The van der Waals surface area contributed by atoms with Gasteiger partial charge in [-0.1, -0.05) is 45.0 Å². The molecule has 1 aliphatic heterocycles. The van der Waals surface area contributed by atoms with Crippen LogP contribution in [0.25, 0.3) is 0 Å². The van der Waals surface area contributed by atoms with Crippen LogP contribution in [0, 0.1) is 0 Å². The lowest BCUT2D eigenvalue weighted by molar-refractivity contribution is -0.116. The Labute approximate surface area is 125 Å². The van der Waals surface area contributed by atoms with Crippen molar-refractivity contribution in [3.63, 3.8) is 0 Å². The fraction of sp³-hybridized carbons (Fsp3) is 0.412. The Kier molecular flexibility index (Phi) is 3.12. The molecule has 0 radical (unpaired) electrons. The molecule has 0 saturated carbocycles. The molecule has 0 aliphatic carbocycles. The Morgan fingerprint density at radius 1 is 1.24 bits per heavy atom. The monoisotopic (exact) mass is 283 g/mol. The van der Waals surface area contributed by atoms with Crippen LogP contribution in [0.15, 0.2) is 30.5 Å². The fourth-order valence-electron chi connectivity index (χ4n) is 2.85. The number of anilines is 1. The number of fused-ring (bicyclic) bond motifs is 1. The van der Waals surface area contributed by atoms with Crippen LogP contribution < -0.4 is 5.32 Å². The summed E-state index contributed by atoms with van der Waals surface area (Å²) in [5.41, 5.74) is 3.72. The molecule has 1 amide bonds. The average Bonchev–Trinajstić information content (AvgIpc) is 2.79. The molecule has 110 valence electrons. The summed E-state index contributed by atoms with van der Waals surface area (Å²) >= 11 is 0. The van der Waals surface area contributed by atoms with Gasteiger partial charge < -0.3 is 5.32 Å². The van der Waals surface area contributed by atoms with Crippen LogP contribution in [0.5, 0.6) is 0 Å². The number of carbonyl (C=O) groups excluding carboxylic acids is 1. The van der Waals surface area contributed by atoms with Crippen molar-refractivity contribution in [1.82, 2.24) is 9.78 Å². The number of nitrogens with zero attached hydrogens (tertiary/aromatic N) is 2. The normalized spacial score (nSPS) is 18.3. The highest BCUT2D eigenvalue weighted by molar-refractivity contribution is 5.94. The number of amides is 1. The quantitative estimate of drug-likeness (QED) is 0.873. The summed E-state index contributed by atoms with van der Waals surface area (Å²) in [5, 5.41) is 7.17.